The maximum Gasteiger partial charge on any atom is 0.287 e. The number of likely N-dealkylation sites (N-methyl/N-ethyl adjacent to an activating group) is 1. The van der Waals surface area contributed by atoms with Crippen LogP contribution in [0, 0.1) is 0 Å². The van der Waals surface area contributed by atoms with Crippen LogP contribution >= 0.6 is 0 Å². The number of fused-ring (bicyclic) bond motifs is 1. The standard InChI is InChI=1S/C21H25N5O2/c1-25(2)15-13-23-21(28)19-24-18(17-10-6-7-14-26(17)19)20(27)22-12-11-16-8-4-3-5-9-16/h3-10,14H,11-13,15H2,1-2H3,(H,22,27)(H,23,28). The Morgan fingerprint density at radius 2 is 1.68 bits per heavy atom. The molecule has 2 heterocycles. The molecule has 0 saturated heterocycles. The topological polar surface area (TPSA) is 78.7 Å². The molecular weight excluding hydrogens is 354 g/mol. The molecule has 2 N–H and O–H groups in total. The Balaban J connectivity index is 1.72. The number of aromatic nitrogens is 2. The molecular formula is C21H25N5O2. The molecule has 0 fully saturated rings. The third kappa shape index (κ3) is 4.75. The Kier molecular flexibility index (Phi) is 6.39. The Labute approximate surface area is 164 Å². The zero-order chi connectivity index (χ0) is 19.9. The van der Waals surface area contributed by atoms with Gasteiger partial charge in [0.05, 0.1) is 5.52 Å². The second-order valence-electron chi connectivity index (χ2n) is 6.79. The molecule has 3 aromatic rings. The number of carbonyl (C=O) groups is 2. The Morgan fingerprint density at radius 1 is 0.964 bits per heavy atom. The monoisotopic (exact) mass is 379 g/mol. The average molecular weight is 379 g/mol. The van der Waals surface area contributed by atoms with E-state index in [-0.39, 0.29) is 23.3 Å². The first-order chi connectivity index (χ1) is 13.6. The molecule has 0 bridgehead atoms. The van der Waals surface area contributed by atoms with E-state index >= 15 is 0 Å². The van der Waals surface area contributed by atoms with E-state index in [1.54, 1.807) is 16.7 Å². The van der Waals surface area contributed by atoms with Crippen molar-refractivity contribution < 1.29 is 9.59 Å². The SMILES string of the molecule is CN(C)CCNC(=O)c1nc(C(=O)NCCc2ccccc2)c2ccccn12. The van der Waals surface area contributed by atoms with Crippen LogP contribution in [0.4, 0.5) is 0 Å². The molecule has 0 unspecified atom stereocenters. The second-order valence-corrected chi connectivity index (χ2v) is 6.79. The summed E-state index contributed by atoms with van der Waals surface area (Å²) in [5.41, 5.74) is 2.02. The molecule has 0 radical (unpaired) electrons. The Bertz CT molecular complexity index is 950. The number of carbonyl (C=O) groups excluding carboxylic acids is 2. The molecule has 7 heteroatoms. The highest BCUT2D eigenvalue weighted by atomic mass is 16.2. The molecule has 0 atom stereocenters. The summed E-state index contributed by atoms with van der Waals surface area (Å²) in [7, 11) is 3.88. The van der Waals surface area contributed by atoms with Crippen molar-refractivity contribution in [2.45, 2.75) is 6.42 Å². The third-order valence-electron chi connectivity index (χ3n) is 4.35. The molecule has 0 spiro atoms. The minimum absolute atomic E-state index is 0.211. The number of rotatable bonds is 8. The lowest BCUT2D eigenvalue weighted by Crippen LogP contribution is -2.32. The summed E-state index contributed by atoms with van der Waals surface area (Å²) in [5.74, 6) is -0.374. The van der Waals surface area contributed by atoms with Gasteiger partial charge < -0.3 is 15.5 Å². The van der Waals surface area contributed by atoms with Crippen LogP contribution in [0.3, 0.4) is 0 Å². The fraction of sp³-hybridized carbons (Fsp3) is 0.286. The molecule has 28 heavy (non-hydrogen) atoms. The first-order valence-electron chi connectivity index (χ1n) is 9.28. The highest BCUT2D eigenvalue weighted by Gasteiger charge is 2.21. The van der Waals surface area contributed by atoms with Crippen molar-refractivity contribution in [1.29, 1.82) is 0 Å². The van der Waals surface area contributed by atoms with Gasteiger partial charge in [0.1, 0.15) is 0 Å². The molecule has 1 aromatic carbocycles. The smallest absolute Gasteiger partial charge is 0.287 e. The summed E-state index contributed by atoms with van der Waals surface area (Å²) in [6.45, 7) is 1.73. The average Bonchev–Trinajstić information content (AvgIpc) is 3.08. The van der Waals surface area contributed by atoms with Gasteiger partial charge in [-0.15, -0.1) is 0 Å². The molecule has 0 aliphatic heterocycles. The molecule has 0 aliphatic rings. The van der Waals surface area contributed by atoms with Gasteiger partial charge in [0.2, 0.25) is 5.82 Å². The van der Waals surface area contributed by atoms with Crippen molar-refractivity contribution in [2.24, 2.45) is 0 Å². The van der Waals surface area contributed by atoms with E-state index in [0.29, 0.717) is 18.6 Å². The van der Waals surface area contributed by atoms with E-state index in [2.05, 4.69) is 15.6 Å². The lowest BCUT2D eigenvalue weighted by Gasteiger charge is -2.09. The first kappa shape index (κ1) is 19.6. The number of hydrogen-bond acceptors (Lipinski definition) is 4. The van der Waals surface area contributed by atoms with Crippen molar-refractivity contribution >= 4 is 17.3 Å². The maximum absolute atomic E-state index is 12.7. The highest BCUT2D eigenvalue weighted by Crippen LogP contribution is 2.13. The molecule has 3 rings (SSSR count). The van der Waals surface area contributed by atoms with Crippen molar-refractivity contribution in [2.75, 3.05) is 33.7 Å². The number of amides is 2. The van der Waals surface area contributed by atoms with Crippen LogP contribution in [-0.4, -0.2) is 59.8 Å². The van der Waals surface area contributed by atoms with Gasteiger partial charge in [-0.1, -0.05) is 36.4 Å². The van der Waals surface area contributed by atoms with Crippen LogP contribution in [0.2, 0.25) is 0 Å². The summed E-state index contributed by atoms with van der Waals surface area (Å²) in [6.07, 6.45) is 2.47. The molecule has 7 nitrogen and oxygen atoms in total. The first-order valence-corrected chi connectivity index (χ1v) is 9.28. The molecule has 2 aromatic heterocycles. The minimum Gasteiger partial charge on any atom is -0.350 e. The van der Waals surface area contributed by atoms with Crippen LogP contribution in [0.15, 0.2) is 54.7 Å². The number of pyridine rings is 1. The summed E-state index contributed by atoms with van der Waals surface area (Å²) in [5, 5.41) is 5.74. The molecule has 0 aliphatic carbocycles. The second kappa shape index (κ2) is 9.14. The van der Waals surface area contributed by atoms with Gasteiger partial charge in [0, 0.05) is 25.8 Å². The van der Waals surface area contributed by atoms with E-state index in [4.69, 9.17) is 0 Å². The zero-order valence-electron chi connectivity index (χ0n) is 16.2. The summed E-state index contributed by atoms with van der Waals surface area (Å²) < 4.78 is 1.65. The Hall–Kier alpha value is -3.19. The molecule has 146 valence electrons. The lowest BCUT2D eigenvalue weighted by molar-refractivity contribution is 0.0940. The van der Waals surface area contributed by atoms with Gasteiger partial charge in [-0.05, 0) is 38.2 Å². The van der Waals surface area contributed by atoms with Crippen molar-refractivity contribution in [3.63, 3.8) is 0 Å². The van der Waals surface area contributed by atoms with Gasteiger partial charge >= 0.3 is 0 Å². The fourth-order valence-electron chi connectivity index (χ4n) is 2.89. The lowest BCUT2D eigenvalue weighted by atomic mass is 10.1. The number of hydrogen-bond donors (Lipinski definition) is 2. The predicted octanol–water partition coefficient (Wildman–Crippen LogP) is 1.60. The van der Waals surface area contributed by atoms with Crippen LogP contribution in [0.1, 0.15) is 26.7 Å². The highest BCUT2D eigenvalue weighted by molar-refractivity contribution is 6.02. The normalized spacial score (nSPS) is 11.0. The Morgan fingerprint density at radius 3 is 2.43 bits per heavy atom. The van der Waals surface area contributed by atoms with Crippen LogP contribution in [-0.2, 0) is 6.42 Å². The molecule has 0 saturated carbocycles. The van der Waals surface area contributed by atoms with E-state index in [1.165, 1.54) is 0 Å². The van der Waals surface area contributed by atoms with Gasteiger partial charge in [0.25, 0.3) is 11.8 Å². The fourth-order valence-corrected chi connectivity index (χ4v) is 2.89. The predicted molar refractivity (Wildman–Crippen MR) is 109 cm³/mol. The van der Waals surface area contributed by atoms with Crippen LogP contribution in [0.5, 0.6) is 0 Å². The van der Waals surface area contributed by atoms with Crippen molar-refractivity contribution in [1.82, 2.24) is 24.9 Å². The third-order valence-corrected chi connectivity index (χ3v) is 4.35. The van der Waals surface area contributed by atoms with Gasteiger partial charge in [0.15, 0.2) is 5.69 Å². The minimum atomic E-state index is -0.300. The van der Waals surface area contributed by atoms with E-state index < -0.39 is 0 Å². The number of nitrogens with zero attached hydrogens (tertiary/aromatic N) is 3. The largest absolute Gasteiger partial charge is 0.350 e. The van der Waals surface area contributed by atoms with Crippen molar-refractivity contribution in [3.8, 4) is 0 Å². The number of benzene rings is 1. The van der Waals surface area contributed by atoms with E-state index in [0.717, 1.165) is 18.5 Å². The van der Waals surface area contributed by atoms with E-state index in [1.807, 2.05) is 61.5 Å². The van der Waals surface area contributed by atoms with Crippen molar-refractivity contribution in [3.05, 3.63) is 71.8 Å². The zero-order valence-corrected chi connectivity index (χ0v) is 16.2. The van der Waals surface area contributed by atoms with Gasteiger partial charge in [-0.3, -0.25) is 14.0 Å². The van der Waals surface area contributed by atoms with E-state index in [9.17, 15) is 9.59 Å². The summed E-state index contributed by atoms with van der Waals surface area (Å²) in [4.78, 5) is 31.5. The summed E-state index contributed by atoms with van der Waals surface area (Å²) in [6, 6.07) is 15.4. The summed E-state index contributed by atoms with van der Waals surface area (Å²) >= 11 is 0. The van der Waals surface area contributed by atoms with Gasteiger partial charge in [-0.2, -0.15) is 0 Å². The van der Waals surface area contributed by atoms with Crippen LogP contribution in [0.25, 0.3) is 5.52 Å². The van der Waals surface area contributed by atoms with Crippen LogP contribution < -0.4 is 10.6 Å². The number of imidazole rings is 1. The number of nitrogens with one attached hydrogen (secondary N) is 2. The maximum atomic E-state index is 12.7. The van der Waals surface area contributed by atoms with Gasteiger partial charge in [-0.25, -0.2) is 4.98 Å². The molecule has 2 amide bonds. The quantitative estimate of drug-likeness (QED) is 0.623.